The molecule has 3 heterocycles. The van der Waals surface area contributed by atoms with E-state index < -0.39 is 0 Å². The molecule has 3 rings (SSSR count). The molecule has 3 aromatic heterocycles. The van der Waals surface area contributed by atoms with Crippen molar-refractivity contribution in [2.45, 2.75) is 6.54 Å². The highest BCUT2D eigenvalue weighted by molar-refractivity contribution is 5.34. The van der Waals surface area contributed by atoms with Crippen LogP contribution in [0.15, 0.2) is 19.0 Å². The Hall–Kier alpha value is -3.11. The van der Waals surface area contributed by atoms with E-state index in [2.05, 4.69) is 40.4 Å². The minimum absolute atomic E-state index is 0.0852. The molecular formula is C9H11N11. The molecule has 0 amide bonds. The summed E-state index contributed by atoms with van der Waals surface area (Å²) in [6.07, 6.45) is 4.46. The summed E-state index contributed by atoms with van der Waals surface area (Å²) in [4.78, 5) is 20.1. The third kappa shape index (κ3) is 2.50. The third-order valence-corrected chi connectivity index (χ3v) is 2.32. The minimum Gasteiger partial charge on any atom is -0.368 e. The molecule has 3 aromatic rings. The summed E-state index contributed by atoms with van der Waals surface area (Å²) in [5.74, 6) is 1.30. The van der Waals surface area contributed by atoms with Crippen molar-refractivity contribution < 1.29 is 0 Å². The molecule has 0 aliphatic heterocycles. The van der Waals surface area contributed by atoms with Crippen LogP contribution in [0.3, 0.4) is 0 Å². The average molecular weight is 273 g/mol. The van der Waals surface area contributed by atoms with Crippen molar-refractivity contribution >= 4 is 11.9 Å². The van der Waals surface area contributed by atoms with Crippen LogP contribution in [-0.4, -0.2) is 44.5 Å². The molecule has 0 unspecified atom stereocenters. The molecule has 20 heavy (non-hydrogen) atoms. The number of aromatic nitrogens is 9. The number of nitrogens with two attached hydrogens (primary N) is 1. The van der Waals surface area contributed by atoms with Crippen molar-refractivity contribution in [1.29, 1.82) is 0 Å². The number of anilines is 2. The number of hydrogen-bond acceptors (Lipinski definition) is 9. The first-order valence-corrected chi connectivity index (χ1v) is 5.65. The molecule has 0 aliphatic rings. The van der Waals surface area contributed by atoms with Crippen LogP contribution < -0.4 is 11.1 Å². The number of rotatable bonds is 4. The molecule has 0 fully saturated rings. The van der Waals surface area contributed by atoms with Crippen molar-refractivity contribution in [3.05, 3.63) is 24.8 Å². The normalized spacial score (nSPS) is 10.7. The van der Waals surface area contributed by atoms with Gasteiger partial charge in [0, 0.05) is 7.05 Å². The fraction of sp³-hybridized carbons (Fsp3) is 0.222. The molecule has 11 heteroatoms. The van der Waals surface area contributed by atoms with E-state index in [1.54, 1.807) is 18.1 Å². The van der Waals surface area contributed by atoms with Crippen molar-refractivity contribution in [2.24, 2.45) is 7.05 Å². The van der Waals surface area contributed by atoms with Gasteiger partial charge in [-0.3, -0.25) is 4.68 Å². The molecule has 0 atom stereocenters. The Labute approximate surface area is 112 Å². The van der Waals surface area contributed by atoms with Crippen LogP contribution in [0.5, 0.6) is 0 Å². The van der Waals surface area contributed by atoms with Crippen molar-refractivity contribution in [2.75, 3.05) is 11.1 Å². The predicted octanol–water partition coefficient (Wildman–Crippen LogP) is -1.22. The lowest BCUT2D eigenvalue weighted by Gasteiger charge is -2.05. The molecule has 0 aliphatic carbocycles. The first-order valence-electron chi connectivity index (χ1n) is 5.65. The van der Waals surface area contributed by atoms with E-state index in [-0.39, 0.29) is 11.9 Å². The van der Waals surface area contributed by atoms with Crippen molar-refractivity contribution in [3.63, 3.8) is 0 Å². The van der Waals surface area contributed by atoms with Gasteiger partial charge in [-0.2, -0.15) is 29.8 Å². The van der Waals surface area contributed by atoms with Gasteiger partial charge in [-0.05, 0) is 0 Å². The van der Waals surface area contributed by atoms with Gasteiger partial charge < -0.3 is 11.1 Å². The van der Waals surface area contributed by atoms with Crippen LogP contribution in [0.25, 0.3) is 5.95 Å². The highest BCUT2D eigenvalue weighted by Crippen LogP contribution is 2.06. The topological polar surface area (TPSA) is 138 Å². The van der Waals surface area contributed by atoms with Gasteiger partial charge in [0.1, 0.15) is 19.0 Å². The molecule has 0 spiro atoms. The van der Waals surface area contributed by atoms with Crippen LogP contribution in [0.1, 0.15) is 5.82 Å². The van der Waals surface area contributed by atoms with Gasteiger partial charge in [0.05, 0.1) is 6.54 Å². The maximum atomic E-state index is 5.64. The van der Waals surface area contributed by atoms with Crippen molar-refractivity contribution in [1.82, 2.24) is 44.5 Å². The lowest BCUT2D eigenvalue weighted by molar-refractivity contribution is 0.745. The van der Waals surface area contributed by atoms with E-state index in [0.29, 0.717) is 18.3 Å². The smallest absolute Gasteiger partial charge is 0.258 e. The standard InChI is InChI=1S/C9H11N11/c1-19-5-13-6(18-19)2-12-8-15-7(10)16-9(17-8)20-4-11-3-14-20/h3-5H,2H2,1H3,(H3,10,12,15,16,17). The lowest BCUT2D eigenvalue weighted by atomic mass is 10.6. The largest absolute Gasteiger partial charge is 0.368 e. The number of hydrogen-bond donors (Lipinski definition) is 2. The molecule has 0 bridgehead atoms. The van der Waals surface area contributed by atoms with Crippen molar-refractivity contribution in [3.8, 4) is 5.95 Å². The Bertz CT molecular complexity index is 701. The number of aryl methyl sites for hydroxylation is 1. The molecule has 3 N–H and O–H groups in total. The van der Waals surface area contributed by atoms with E-state index in [4.69, 9.17) is 5.73 Å². The fourth-order valence-electron chi connectivity index (χ4n) is 1.50. The van der Waals surface area contributed by atoms with Crippen LogP contribution in [-0.2, 0) is 13.6 Å². The molecule has 0 saturated heterocycles. The fourth-order valence-corrected chi connectivity index (χ4v) is 1.50. The monoisotopic (exact) mass is 273 g/mol. The predicted molar refractivity (Wildman–Crippen MR) is 67.5 cm³/mol. The Morgan fingerprint density at radius 1 is 1.25 bits per heavy atom. The summed E-state index contributed by atoms with van der Waals surface area (Å²) in [5.41, 5.74) is 5.64. The second-order valence-electron chi connectivity index (χ2n) is 3.85. The third-order valence-electron chi connectivity index (χ3n) is 2.32. The van der Waals surface area contributed by atoms with Gasteiger partial charge in [0.15, 0.2) is 5.82 Å². The zero-order valence-corrected chi connectivity index (χ0v) is 10.5. The van der Waals surface area contributed by atoms with E-state index in [1.165, 1.54) is 17.3 Å². The van der Waals surface area contributed by atoms with Gasteiger partial charge in [0.2, 0.25) is 11.9 Å². The Morgan fingerprint density at radius 3 is 2.85 bits per heavy atom. The van der Waals surface area contributed by atoms with E-state index in [0.717, 1.165) is 0 Å². The zero-order chi connectivity index (χ0) is 13.9. The second kappa shape index (κ2) is 4.87. The van der Waals surface area contributed by atoms with Gasteiger partial charge in [-0.25, -0.2) is 9.97 Å². The lowest BCUT2D eigenvalue weighted by Crippen LogP contribution is -2.12. The summed E-state index contributed by atoms with van der Waals surface area (Å²) < 4.78 is 3.00. The quantitative estimate of drug-likeness (QED) is 0.598. The highest BCUT2D eigenvalue weighted by Gasteiger charge is 2.07. The van der Waals surface area contributed by atoms with Crippen LogP contribution in [0.2, 0.25) is 0 Å². The van der Waals surface area contributed by atoms with Crippen LogP contribution in [0, 0.1) is 0 Å². The summed E-state index contributed by atoms with van der Waals surface area (Å²) in [6.45, 7) is 0.376. The Morgan fingerprint density at radius 2 is 2.15 bits per heavy atom. The Kier molecular flexibility index (Phi) is 2.91. The summed E-state index contributed by atoms with van der Waals surface area (Å²) >= 11 is 0. The number of nitrogens with zero attached hydrogens (tertiary/aromatic N) is 9. The van der Waals surface area contributed by atoms with E-state index >= 15 is 0 Å². The molecule has 102 valence electrons. The van der Waals surface area contributed by atoms with Crippen LogP contribution >= 0.6 is 0 Å². The molecule has 0 aromatic carbocycles. The van der Waals surface area contributed by atoms with Gasteiger partial charge >= 0.3 is 0 Å². The number of nitrogen functional groups attached to an aromatic ring is 1. The first-order chi connectivity index (χ1) is 9.70. The maximum Gasteiger partial charge on any atom is 0.258 e. The minimum atomic E-state index is 0.0852. The molecule has 0 saturated carbocycles. The highest BCUT2D eigenvalue weighted by atomic mass is 15.4. The first kappa shape index (κ1) is 12.0. The van der Waals surface area contributed by atoms with Gasteiger partial charge in [-0.1, -0.05) is 0 Å². The van der Waals surface area contributed by atoms with Crippen LogP contribution in [0.4, 0.5) is 11.9 Å². The molecular weight excluding hydrogens is 262 g/mol. The van der Waals surface area contributed by atoms with E-state index in [9.17, 15) is 0 Å². The van der Waals surface area contributed by atoms with Gasteiger partial charge in [0.25, 0.3) is 5.95 Å². The molecule has 11 nitrogen and oxygen atoms in total. The summed E-state index contributed by atoms with van der Waals surface area (Å²) in [7, 11) is 1.79. The second-order valence-corrected chi connectivity index (χ2v) is 3.85. The van der Waals surface area contributed by atoms with E-state index in [1.807, 2.05) is 0 Å². The summed E-state index contributed by atoms with van der Waals surface area (Å²) in [5, 5.41) is 11.0. The molecule has 0 radical (unpaired) electrons. The Balaban J connectivity index is 1.79. The number of nitrogens with one attached hydrogen (secondary N) is 1. The zero-order valence-electron chi connectivity index (χ0n) is 10.5. The summed E-state index contributed by atoms with van der Waals surface area (Å²) in [6, 6.07) is 0. The van der Waals surface area contributed by atoms with Gasteiger partial charge in [-0.15, -0.1) is 0 Å². The SMILES string of the molecule is Cn1cnc(CNc2nc(N)nc(-n3cncn3)n2)n1. The maximum absolute atomic E-state index is 5.64. The average Bonchev–Trinajstić information content (AvgIpc) is 3.07.